The molecule has 0 spiro atoms. The maximum Gasteiger partial charge on any atom is 0.160 e. The molecule has 2 heterocycles. The van der Waals surface area contributed by atoms with Crippen LogP contribution in [0.1, 0.15) is 32.3 Å². The first-order valence-corrected chi connectivity index (χ1v) is 11.4. The summed E-state index contributed by atoms with van der Waals surface area (Å²) in [6.07, 6.45) is 7.74. The SMILES string of the molecule is C/C=C(Cl)\C=C(/CC)CN(C)CCCNc1cc(-c2ccccc2O)nc2c(C)cnn12. The summed E-state index contributed by atoms with van der Waals surface area (Å²) < 4.78 is 1.82. The van der Waals surface area contributed by atoms with E-state index in [1.807, 2.05) is 54.9 Å². The largest absolute Gasteiger partial charge is 0.507 e. The second kappa shape index (κ2) is 11.2. The molecular formula is C25H32ClN5O. The van der Waals surface area contributed by atoms with E-state index >= 15 is 0 Å². The predicted molar refractivity (Wildman–Crippen MR) is 133 cm³/mol. The fourth-order valence-corrected chi connectivity index (χ4v) is 3.71. The monoisotopic (exact) mass is 453 g/mol. The van der Waals surface area contributed by atoms with Crippen molar-refractivity contribution >= 4 is 23.1 Å². The van der Waals surface area contributed by atoms with E-state index in [1.165, 1.54) is 5.57 Å². The van der Waals surface area contributed by atoms with Crippen LogP contribution in [0.25, 0.3) is 16.9 Å². The number of para-hydroxylation sites is 1. The Labute approximate surface area is 195 Å². The van der Waals surface area contributed by atoms with Gasteiger partial charge in [0.2, 0.25) is 0 Å². The quantitative estimate of drug-likeness (QED) is 0.308. The summed E-state index contributed by atoms with van der Waals surface area (Å²) in [4.78, 5) is 7.04. The van der Waals surface area contributed by atoms with Gasteiger partial charge in [0.15, 0.2) is 5.65 Å². The van der Waals surface area contributed by atoms with E-state index in [0.29, 0.717) is 5.56 Å². The highest BCUT2D eigenvalue weighted by molar-refractivity contribution is 6.31. The van der Waals surface area contributed by atoms with E-state index < -0.39 is 0 Å². The molecule has 0 aliphatic heterocycles. The van der Waals surface area contributed by atoms with Crippen molar-refractivity contribution in [3.63, 3.8) is 0 Å². The van der Waals surface area contributed by atoms with E-state index in [9.17, 15) is 5.11 Å². The third-order valence-corrected chi connectivity index (χ3v) is 5.72. The Morgan fingerprint density at radius 2 is 2.09 bits per heavy atom. The van der Waals surface area contributed by atoms with Gasteiger partial charge in [-0.1, -0.05) is 42.3 Å². The summed E-state index contributed by atoms with van der Waals surface area (Å²) in [5.41, 5.74) is 4.51. The highest BCUT2D eigenvalue weighted by Gasteiger charge is 2.13. The number of likely N-dealkylation sites (N-methyl/N-ethyl adjacent to an activating group) is 1. The normalized spacial score (nSPS) is 12.7. The number of aryl methyl sites for hydroxylation is 1. The maximum atomic E-state index is 10.3. The van der Waals surface area contributed by atoms with Crippen molar-refractivity contribution in [3.8, 4) is 17.0 Å². The first-order chi connectivity index (χ1) is 15.4. The zero-order valence-corrected chi connectivity index (χ0v) is 20.0. The zero-order chi connectivity index (χ0) is 23.1. The number of fused-ring (bicyclic) bond motifs is 1. The van der Waals surface area contributed by atoms with Crippen molar-refractivity contribution in [2.45, 2.75) is 33.6 Å². The minimum atomic E-state index is 0.215. The first kappa shape index (κ1) is 23.8. The number of allylic oxidation sites excluding steroid dienone is 3. The standard InChI is InChI=1S/C25H32ClN5O/c1-5-19(14-20(26)6-2)17-30(4)13-9-12-27-24-15-22(21-10-7-8-11-23(21)32)29-25-18(3)16-28-31(24)25/h6-8,10-11,14-16,27,32H,5,9,12-13,17H2,1-4H3/b19-14+,20-6+. The summed E-state index contributed by atoms with van der Waals surface area (Å²) in [7, 11) is 2.13. The van der Waals surface area contributed by atoms with E-state index in [0.717, 1.165) is 60.2 Å². The molecule has 0 aliphatic rings. The number of halogens is 1. The van der Waals surface area contributed by atoms with Crippen LogP contribution in [0.15, 0.2) is 59.3 Å². The van der Waals surface area contributed by atoms with Crippen LogP contribution in [-0.2, 0) is 0 Å². The van der Waals surface area contributed by atoms with Crippen LogP contribution in [0.3, 0.4) is 0 Å². The Kier molecular flexibility index (Phi) is 8.31. The molecule has 0 saturated carbocycles. The van der Waals surface area contributed by atoms with E-state index in [-0.39, 0.29) is 5.75 Å². The lowest BCUT2D eigenvalue weighted by atomic mass is 10.1. The molecule has 0 bridgehead atoms. The van der Waals surface area contributed by atoms with Gasteiger partial charge in [0.05, 0.1) is 11.9 Å². The van der Waals surface area contributed by atoms with Crippen LogP contribution < -0.4 is 5.32 Å². The van der Waals surface area contributed by atoms with Crippen LogP contribution in [0, 0.1) is 6.92 Å². The molecule has 0 fully saturated rings. The van der Waals surface area contributed by atoms with Crippen molar-refractivity contribution in [1.29, 1.82) is 0 Å². The molecule has 0 atom stereocenters. The highest BCUT2D eigenvalue weighted by Crippen LogP contribution is 2.30. The third kappa shape index (κ3) is 5.90. The number of phenols is 1. The third-order valence-electron chi connectivity index (χ3n) is 5.40. The molecular weight excluding hydrogens is 422 g/mol. The van der Waals surface area contributed by atoms with Gasteiger partial charge in [-0.05, 0) is 58.5 Å². The van der Waals surface area contributed by atoms with Gasteiger partial charge < -0.3 is 15.3 Å². The predicted octanol–water partition coefficient (Wildman–Crippen LogP) is 5.62. The number of benzene rings is 1. The first-order valence-electron chi connectivity index (χ1n) is 11.0. The molecule has 7 heteroatoms. The van der Waals surface area contributed by atoms with Crippen LogP contribution in [0.4, 0.5) is 5.82 Å². The number of hydrogen-bond donors (Lipinski definition) is 2. The Hall–Kier alpha value is -2.83. The highest BCUT2D eigenvalue weighted by atomic mass is 35.5. The Bertz CT molecular complexity index is 1120. The molecule has 0 radical (unpaired) electrons. The maximum absolute atomic E-state index is 10.3. The van der Waals surface area contributed by atoms with Crippen LogP contribution in [-0.4, -0.2) is 51.3 Å². The second-order valence-corrected chi connectivity index (χ2v) is 8.39. The minimum Gasteiger partial charge on any atom is -0.507 e. The summed E-state index contributed by atoms with van der Waals surface area (Å²) in [6, 6.07) is 9.20. The van der Waals surface area contributed by atoms with Crippen LogP contribution in [0.2, 0.25) is 0 Å². The Balaban J connectivity index is 1.67. The second-order valence-electron chi connectivity index (χ2n) is 7.95. The number of aromatic hydroxyl groups is 1. The number of hydrogen-bond acceptors (Lipinski definition) is 5. The molecule has 0 unspecified atom stereocenters. The van der Waals surface area contributed by atoms with E-state index in [4.69, 9.17) is 16.6 Å². The molecule has 170 valence electrons. The number of anilines is 1. The molecule has 32 heavy (non-hydrogen) atoms. The average molecular weight is 454 g/mol. The van der Waals surface area contributed by atoms with Gasteiger partial charge in [-0.3, -0.25) is 0 Å². The van der Waals surface area contributed by atoms with Gasteiger partial charge in [0.1, 0.15) is 11.6 Å². The number of aromatic nitrogens is 3. The van der Waals surface area contributed by atoms with E-state index in [1.54, 1.807) is 6.07 Å². The smallest absolute Gasteiger partial charge is 0.160 e. The van der Waals surface area contributed by atoms with Crippen molar-refractivity contribution in [2.24, 2.45) is 0 Å². The van der Waals surface area contributed by atoms with Crippen molar-refractivity contribution in [1.82, 2.24) is 19.5 Å². The fourth-order valence-electron chi connectivity index (χ4n) is 3.56. The van der Waals surface area contributed by atoms with Crippen LogP contribution >= 0.6 is 11.6 Å². The van der Waals surface area contributed by atoms with Gasteiger partial charge in [-0.25, -0.2) is 4.98 Å². The molecule has 0 amide bonds. The van der Waals surface area contributed by atoms with E-state index in [2.05, 4.69) is 35.4 Å². The lowest BCUT2D eigenvalue weighted by Crippen LogP contribution is -2.24. The minimum absolute atomic E-state index is 0.215. The Morgan fingerprint density at radius 1 is 1.31 bits per heavy atom. The lowest BCUT2D eigenvalue weighted by molar-refractivity contribution is 0.357. The lowest BCUT2D eigenvalue weighted by Gasteiger charge is -2.19. The van der Waals surface area contributed by atoms with Gasteiger partial charge in [-0.15, -0.1) is 0 Å². The summed E-state index contributed by atoms with van der Waals surface area (Å²) in [6.45, 7) is 8.74. The number of nitrogens with one attached hydrogen (secondary N) is 1. The van der Waals surface area contributed by atoms with Crippen molar-refractivity contribution in [2.75, 3.05) is 32.0 Å². The van der Waals surface area contributed by atoms with Gasteiger partial charge in [0.25, 0.3) is 0 Å². The zero-order valence-electron chi connectivity index (χ0n) is 19.3. The van der Waals surface area contributed by atoms with Crippen molar-refractivity contribution in [3.05, 3.63) is 64.8 Å². The van der Waals surface area contributed by atoms with Gasteiger partial charge >= 0.3 is 0 Å². The molecule has 3 rings (SSSR count). The molecule has 2 N–H and O–H groups in total. The molecule has 0 aliphatic carbocycles. The summed E-state index contributed by atoms with van der Waals surface area (Å²) in [5.74, 6) is 1.07. The fraction of sp³-hybridized carbons (Fsp3) is 0.360. The molecule has 6 nitrogen and oxygen atoms in total. The molecule has 2 aromatic heterocycles. The van der Waals surface area contributed by atoms with Gasteiger partial charge in [-0.2, -0.15) is 9.61 Å². The average Bonchev–Trinajstić information content (AvgIpc) is 3.17. The molecule has 1 aromatic carbocycles. The number of nitrogens with zero attached hydrogens (tertiary/aromatic N) is 4. The molecule has 3 aromatic rings. The number of rotatable bonds is 10. The summed E-state index contributed by atoms with van der Waals surface area (Å²) in [5, 5.41) is 19.0. The van der Waals surface area contributed by atoms with Crippen molar-refractivity contribution < 1.29 is 5.11 Å². The summed E-state index contributed by atoms with van der Waals surface area (Å²) >= 11 is 6.16. The molecule has 0 saturated heterocycles. The topological polar surface area (TPSA) is 65.7 Å². The number of phenolic OH excluding ortho intramolecular Hbond substituents is 1. The van der Waals surface area contributed by atoms with Gasteiger partial charge in [0, 0.05) is 35.3 Å². The Morgan fingerprint density at radius 3 is 2.81 bits per heavy atom. The van der Waals surface area contributed by atoms with Crippen LogP contribution in [0.5, 0.6) is 5.75 Å².